The van der Waals surface area contributed by atoms with Gasteiger partial charge in [-0.1, -0.05) is 41.5 Å². The van der Waals surface area contributed by atoms with Gasteiger partial charge >= 0.3 is 5.69 Å². The highest BCUT2D eigenvalue weighted by Crippen LogP contribution is 2.52. The van der Waals surface area contributed by atoms with E-state index in [9.17, 15) is 18.0 Å². The average Bonchev–Trinajstić information content (AvgIpc) is 3.17. The summed E-state index contributed by atoms with van der Waals surface area (Å²) in [4.78, 5) is 28.7. The van der Waals surface area contributed by atoms with Crippen LogP contribution in [0.1, 0.15) is 54.7 Å². The van der Waals surface area contributed by atoms with Crippen molar-refractivity contribution in [2.45, 2.75) is 109 Å². The summed E-state index contributed by atoms with van der Waals surface area (Å²) < 4.78 is 52.4. The molecule has 0 aliphatic carbocycles. The van der Waals surface area contributed by atoms with Crippen molar-refractivity contribution < 1.29 is 31.0 Å². The van der Waals surface area contributed by atoms with Gasteiger partial charge in [0.1, 0.15) is 18.0 Å². The molecular formula is C25H44N4O8SSi2. The molecule has 1 aromatic rings. The molecule has 1 spiro atoms. The monoisotopic (exact) mass is 616 g/mol. The Hall–Kier alpha value is -1.89. The molecule has 3 heterocycles. The van der Waals surface area contributed by atoms with E-state index < -0.39 is 56.5 Å². The highest BCUT2D eigenvalue weighted by molar-refractivity contribution is 7.90. The minimum Gasteiger partial charge on any atom is -0.414 e. The molecule has 1 amide bonds. The smallest absolute Gasteiger partial charge is 0.351 e. The number of carbonyl (C=O) groups excluding carboxylic acids is 1. The molecule has 0 bridgehead atoms. The Morgan fingerprint density at radius 1 is 1.15 bits per heavy atom. The number of anilines is 1. The minimum absolute atomic E-state index is 0.0411. The van der Waals surface area contributed by atoms with Crippen molar-refractivity contribution in [2.24, 2.45) is 5.73 Å². The van der Waals surface area contributed by atoms with Gasteiger partial charge in [-0.05, 0) is 42.3 Å². The third kappa shape index (κ3) is 6.15. The molecular weight excluding hydrogens is 573 g/mol. The van der Waals surface area contributed by atoms with E-state index in [-0.39, 0.29) is 34.1 Å². The summed E-state index contributed by atoms with van der Waals surface area (Å²) in [5.74, 6) is -0.314. The van der Waals surface area contributed by atoms with Gasteiger partial charge in [0.2, 0.25) is 5.91 Å². The molecule has 15 heteroatoms. The van der Waals surface area contributed by atoms with E-state index in [1.807, 2.05) is 33.9 Å². The first-order valence-electron chi connectivity index (χ1n) is 13.2. The van der Waals surface area contributed by atoms with E-state index in [4.69, 9.17) is 23.5 Å². The van der Waals surface area contributed by atoms with Crippen LogP contribution in [0, 0.1) is 0 Å². The normalized spacial score (nSPS) is 27.2. The van der Waals surface area contributed by atoms with Gasteiger partial charge in [-0.15, -0.1) is 0 Å². The fourth-order valence-corrected chi connectivity index (χ4v) is 7.58. The van der Waals surface area contributed by atoms with Gasteiger partial charge in [0, 0.05) is 13.1 Å². The first-order chi connectivity index (χ1) is 17.9. The maximum absolute atomic E-state index is 13.2. The minimum atomic E-state index is -4.19. The topological polar surface area (TPSA) is 161 Å². The van der Waals surface area contributed by atoms with Gasteiger partial charge < -0.3 is 24.6 Å². The average molecular weight is 617 g/mol. The molecule has 2 aliphatic heterocycles. The van der Waals surface area contributed by atoms with Crippen molar-refractivity contribution in [1.82, 2.24) is 9.55 Å². The van der Waals surface area contributed by atoms with E-state index in [2.05, 4.69) is 44.2 Å². The second-order valence-corrected chi connectivity index (χ2v) is 24.5. The van der Waals surface area contributed by atoms with Crippen LogP contribution in [0.25, 0.3) is 0 Å². The van der Waals surface area contributed by atoms with Crippen LogP contribution < -0.4 is 16.7 Å². The Morgan fingerprint density at radius 3 is 2.17 bits per heavy atom. The van der Waals surface area contributed by atoms with E-state index in [1.165, 1.54) is 23.8 Å². The number of aromatic nitrogens is 2. The lowest BCUT2D eigenvalue weighted by Crippen LogP contribution is -2.59. The molecule has 2 aliphatic rings. The summed E-state index contributed by atoms with van der Waals surface area (Å²) in [6, 6.07) is 1.45. The van der Waals surface area contributed by atoms with Crippen LogP contribution in [0.2, 0.25) is 36.3 Å². The van der Waals surface area contributed by atoms with Crippen LogP contribution in [0.15, 0.2) is 28.2 Å². The number of hydrogen-bond donors (Lipinski definition) is 2. The van der Waals surface area contributed by atoms with Crippen LogP contribution in [0.3, 0.4) is 0 Å². The highest BCUT2D eigenvalue weighted by Gasteiger charge is 2.67. The highest BCUT2D eigenvalue weighted by atomic mass is 32.2. The summed E-state index contributed by atoms with van der Waals surface area (Å²) in [5.41, 5.74) is 3.86. The van der Waals surface area contributed by atoms with Crippen LogP contribution in [0.5, 0.6) is 0 Å². The van der Waals surface area contributed by atoms with E-state index in [0.29, 0.717) is 0 Å². The molecule has 0 radical (unpaired) electrons. The number of amides is 1. The second-order valence-electron chi connectivity index (χ2n) is 13.5. The zero-order chi connectivity index (χ0) is 30.7. The molecule has 3 N–H and O–H groups in total. The quantitative estimate of drug-likeness (QED) is 0.343. The van der Waals surface area contributed by atoms with Crippen molar-refractivity contribution in [1.29, 1.82) is 0 Å². The second kappa shape index (κ2) is 10.4. The molecule has 40 heavy (non-hydrogen) atoms. The Bertz CT molecular complexity index is 1350. The Balaban J connectivity index is 2.20. The van der Waals surface area contributed by atoms with Crippen molar-refractivity contribution in [3.63, 3.8) is 0 Å². The maximum atomic E-state index is 13.2. The fraction of sp³-hybridized carbons (Fsp3) is 0.720. The molecule has 1 saturated heterocycles. The van der Waals surface area contributed by atoms with Gasteiger partial charge in [0.15, 0.2) is 28.5 Å². The van der Waals surface area contributed by atoms with E-state index >= 15 is 0 Å². The number of carbonyl (C=O) groups is 1. The molecule has 0 unspecified atom stereocenters. The number of ether oxygens (including phenoxy) is 1. The Morgan fingerprint density at radius 2 is 1.73 bits per heavy atom. The van der Waals surface area contributed by atoms with Crippen molar-refractivity contribution in [2.75, 3.05) is 11.9 Å². The van der Waals surface area contributed by atoms with E-state index in [1.54, 1.807) is 0 Å². The Labute approximate surface area is 239 Å². The third-order valence-electron chi connectivity index (χ3n) is 8.48. The molecule has 1 fully saturated rings. The summed E-state index contributed by atoms with van der Waals surface area (Å²) >= 11 is 0. The molecule has 0 aromatic carbocycles. The first-order valence-corrected chi connectivity index (χ1v) is 20.5. The van der Waals surface area contributed by atoms with Crippen LogP contribution in [-0.4, -0.2) is 64.9 Å². The number of nitrogens with one attached hydrogen (secondary N) is 1. The predicted octanol–water partition coefficient (Wildman–Crippen LogP) is 3.41. The molecule has 226 valence electrons. The number of rotatable bonds is 7. The molecule has 1 aromatic heterocycles. The largest absolute Gasteiger partial charge is 0.414 e. The maximum Gasteiger partial charge on any atom is 0.351 e. The first kappa shape index (κ1) is 32.6. The van der Waals surface area contributed by atoms with Gasteiger partial charge in [0.05, 0.1) is 17.7 Å². The van der Waals surface area contributed by atoms with Crippen LogP contribution >= 0.6 is 0 Å². The Kier molecular flexibility index (Phi) is 8.51. The number of nitrogens with zero attached hydrogens (tertiary/aromatic N) is 2. The lowest BCUT2D eigenvalue weighted by Gasteiger charge is -2.43. The SMILES string of the molecule is CC(=O)Nc1ccn([C@@H]2O[C@H](CO[Si](C)(C)C(C)(C)C)[C@@]3(OS(=O)(=O)C=C3N)[C@H]2O[Si](C)(C)C(C)(C)C)c(=O)n1. The summed E-state index contributed by atoms with van der Waals surface area (Å²) in [6.07, 6.45) is -1.91. The number of hydrogen-bond acceptors (Lipinski definition) is 10. The summed E-state index contributed by atoms with van der Waals surface area (Å²) in [6.45, 7) is 21.8. The molecule has 3 rings (SSSR count). The van der Waals surface area contributed by atoms with Gasteiger partial charge in [0.25, 0.3) is 10.1 Å². The zero-order valence-electron chi connectivity index (χ0n) is 25.3. The van der Waals surface area contributed by atoms with Crippen LogP contribution in [-0.2, 0) is 32.7 Å². The van der Waals surface area contributed by atoms with Crippen molar-refractivity contribution in [3.8, 4) is 0 Å². The van der Waals surface area contributed by atoms with Gasteiger partial charge in [-0.2, -0.15) is 13.4 Å². The summed E-state index contributed by atoms with van der Waals surface area (Å²) in [7, 11) is -9.16. The van der Waals surface area contributed by atoms with Crippen molar-refractivity contribution in [3.05, 3.63) is 33.9 Å². The van der Waals surface area contributed by atoms with Gasteiger partial charge in [-0.25, -0.2) is 8.98 Å². The van der Waals surface area contributed by atoms with Crippen molar-refractivity contribution >= 4 is 38.5 Å². The zero-order valence-corrected chi connectivity index (χ0v) is 28.1. The molecule has 4 atom stereocenters. The van der Waals surface area contributed by atoms with E-state index in [0.717, 1.165) is 5.41 Å². The fourth-order valence-electron chi connectivity index (χ4n) is 4.07. The predicted molar refractivity (Wildman–Crippen MR) is 157 cm³/mol. The van der Waals surface area contributed by atoms with Crippen LogP contribution in [0.4, 0.5) is 5.82 Å². The lowest BCUT2D eigenvalue weighted by molar-refractivity contribution is -0.114. The van der Waals surface area contributed by atoms with Gasteiger partial charge in [-0.3, -0.25) is 9.36 Å². The lowest BCUT2D eigenvalue weighted by atomic mass is 9.89. The number of nitrogens with two attached hydrogens (primary N) is 1. The third-order valence-corrected chi connectivity index (χ3v) is 18.5. The summed E-state index contributed by atoms with van der Waals surface area (Å²) in [5, 5.41) is 2.93. The standard InChI is InChI=1S/C25H44N4O8SSi2/c1-16(30)27-19-12-13-29(22(31)28-19)21-20(36-40(10,11)24(5,6)7)25(17(26)15-38(32,33)37-25)18(35-21)14-34-39(8,9)23(2,3)4/h12-13,15,18,20-21H,14,26H2,1-11H3,(H,27,28,30,31)/t18-,20+,21-,25-/m1/s1. The molecule has 12 nitrogen and oxygen atoms in total. The molecule has 0 saturated carbocycles.